The molecule has 0 amide bonds. The van der Waals surface area contributed by atoms with Crippen LogP contribution in [0.4, 0.5) is 0 Å². The largest absolute Gasteiger partial charge is 0.330 e. The zero-order valence-corrected chi connectivity index (χ0v) is 16.2. The standard InChI is InChI=1S/C18H27ClN2O2S/c1-14-7-8-16(13-17(14)19)24(22,23)21-11-9-20(10-12-21)18-6-4-3-5-15(18)2/h7-8,13,15,18H,3-6,9-12H2,1-2H3/p+1/t15-,18+/m1/s1. The van der Waals surface area contributed by atoms with Gasteiger partial charge in [0.05, 0.1) is 37.1 Å². The maximum atomic E-state index is 12.9. The Bertz CT molecular complexity index is 684. The molecule has 1 heterocycles. The monoisotopic (exact) mass is 371 g/mol. The minimum absolute atomic E-state index is 0.313. The molecule has 24 heavy (non-hydrogen) atoms. The molecular weight excluding hydrogens is 344 g/mol. The number of quaternary nitrogens is 1. The normalized spacial score (nSPS) is 27.3. The van der Waals surface area contributed by atoms with Gasteiger partial charge in [0.2, 0.25) is 10.0 Å². The second-order valence-corrected chi connectivity index (χ2v) is 9.69. The molecule has 2 aliphatic rings. The van der Waals surface area contributed by atoms with E-state index in [-0.39, 0.29) is 0 Å². The number of piperazine rings is 1. The van der Waals surface area contributed by atoms with E-state index in [9.17, 15) is 8.42 Å². The molecule has 0 spiro atoms. The molecule has 1 N–H and O–H groups in total. The number of benzene rings is 1. The van der Waals surface area contributed by atoms with Crippen LogP contribution in [-0.4, -0.2) is 44.9 Å². The number of halogens is 1. The molecule has 6 heteroatoms. The lowest BCUT2D eigenvalue weighted by Crippen LogP contribution is -3.19. The average molecular weight is 372 g/mol. The molecule has 0 aromatic heterocycles. The number of nitrogens with zero attached hydrogens (tertiary/aromatic N) is 1. The van der Waals surface area contributed by atoms with Gasteiger partial charge in [-0.25, -0.2) is 8.42 Å². The summed E-state index contributed by atoms with van der Waals surface area (Å²) in [6, 6.07) is 5.73. The lowest BCUT2D eigenvalue weighted by Gasteiger charge is -2.40. The number of hydrogen-bond acceptors (Lipinski definition) is 2. The zero-order chi connectivity index (χ0) is 17.3. The summed E-state index contributed by atoms with van der Waals surface area (Å²) in [7, 11) is -3.43. The van der Waals surface area contributed by atoms with E-state index in [1.54, 1.807) is 27.4 Å². The van der Waals surface area contributed by atoms with E-state index in [0.29, 0.717) is 29.0 Å². The number of hydrogen-bond donors (Lipinski definition) is 1. The summed E-state index contributed by atoms with van der Waals surface area (Å²) >= 11 is 6.11. The maximum absolute atomic E-state index is 12.9. The quantitative estimate of drug-likeness (QED) is 0.884. The van der Waals surface area contributed by atoms with E-state index >= 15 is 0 Å². The van der Waals surface area contributed by atoms with Crippen molar-refractivity contribution in [2.75, 3.05) is 26.2 Å². The molecule has 1 aromatic rings. The Morgan fingerprint density at radius 1 is 1.17 bits per heavy atom. The number of aryl methyl sites for hydroxylation is 1. The van der Waals surface area contributed by atoms with Crippen LogP contribution >= 0.6 is 11.6 Å². The average Bonchev–Trinajstić information content (AvgIpc) is 2.58. The molecule has 134 valence electrons. The van der Waals surface area contributed by atoms with Crippen LogP contribution in [-0.2, 0) is 10.0 Å². The summed E-state index contributed by atoms with van der Waals surface area (Å²) in [5.41, 5.74) is 0.899. The molecule has 1 aromatic carbocycles. The van der Waals surface area contributed by atoms with Crippen LogP contribution in [0.3, 0.4) is 0 Å². The van der Waals surface area contributed by atoms with Crippen molar-refractivity contribution < 1.29 is 13.3 Å². The SMILES string of the molecule is Cc1ccc(S(=O)(=O)N2CC[NH+]([C@H]3CCCC[C@H]3C)CC2)cc1Cl. The first-order chi connectivity index (χ1) is 11.4. The number of nitrogens with one attached hydrogen (secondary N) is 1. The van der Waals surface area contributed by atoms with Gasteiger partial charge in [-0.1, -0.05) is 31.0 Å². The molecule has 1 aliphatic carbocycles. The third-order valence-electron chi connectivity index (χ3n) is 5.78. The molecule has 2 atom stereocenters. The molecule has 1 saturated heterocycles. The first-order valence-corrected chi connectivity index (χ1v) is 10.8. The molecule has 1 aliphatic heterocycles. The Balaban J connectivity index is 1.68. The van der Waals surface area contributed by atoms with Crippen molar-refractivity contribution in [2.24, 2.45) is 5.92 Å². The zero-order valence-electron chi connectivity index (χ0n) is 14.6. The van der Waals surface area contributed by atoms with Crippen molar-refractivity contribution in [1.29, 1.82) is 0 Å². The fourth-order valence-electron chi connectivity index (χ4n) is 4.19. The summed E-state index contributed by atoms with van der Waals surface area (Å²) in [6.07, 6.45) is 5.27. The van der Waals surface area contributed by atoms with Gasteiger partial charge < -0.3 is 4.90 Å². The summed E-state index contributed by atoms with van der Waals surface area (Å²) in [5.74, 6) is 0.757. The Kier molecular flexibility index (Phi) is 5.55. The molecule has 4 nitrogen and oxygen atoms in total. The van der Waals surface area contributed by atoms with Crippen LogP contribution in [0.1, 0.15) is 38.2 Å². The maximum Gasteiger partial charge on any atom is 0.243 e. The van der Waals surface area contributed by atoms with Gasteiger partial charge in [-0.15, -0.1) is 0 Å². The third-order valence-corrected chi connectivity index (χ3v) is 8.08. The Morgan fingerprint density at radius 2 is 1.83 bits per heavy atom. The van der Waals surface area contributed by atoms with Crippen molar-refractivity contribution in [1.82, 2.24) is 4.31 Å². The first kappa shape index (κ1) is 18.2. The summed E-state index contributed by atoms with van der Waals surface area (Å²) in [5, 5.41) is 0.511. The molecule has 0 radical (unpaired) electrons. The highest BCUT2D eigenvalue weighted by Crippen LogP contribution is 2.24. The Morgan fingerprint density at radius 3 is 2.46 bits per heavy atom. The van der Waals surface area contributed by atoms with Crippen molar-refractivity contribution in [2.45, 2.75) is 50.5 Å². The molecule has 3 rings (SSSR count). The highest BCUT2D eigenvalue weighted by Gasteiger charge is 2.36. The molecule has 1 saturated carbocycles. The van der Waals surface area contributed by atoms with Crippen LogP contribution in [0, 0.1) is 12.8 Å². The minimum atomic E-state index is -3.43. The van der Waals surface area contributed by atoms with Crippen molar-refractivity contribution in [3.8, 4) is 0 Å². The predicted octanol–water partition coefficient (Wildman–Crippen LogP) is 2.12. The van der Waals surface area contributed by atoms with Gasteiger partial charge in [0.15, 0.2) is 0 Å². The van der Waals surface area contributed by atoms with E-state index in [1.807, 2.05) is 6.92 Å². The topological polar surface area (TPSA) is 41.8 Å². The van der Waals surface area contributed by atoms with Crippen LogP contribution in [0.25, 0.3) is 0 Å². The lowest BCUT2D eigenvalue weighted by atomic mass is 9.84. The van der Waals surface area contributed by atoms with Crippen LogP contribution in [0.5, 0.6) is 0 Å². The van der Waals surface area contributed by atoms with Crippen LogP contribution < -0.4 is 4.90 Å². The van der Waals surface area contributed by atoms with E-state index < -0.39 is 10.0 Å². The van der Waals surface area contributed by atoms with E-state index in [4.69, 9.17) is 11.6 Å². The highest BCUT2D eigenvalue weighted by molar-refractivity contribution is 7.89. The van der Waals surface area contributed by atoms with E-state index in [0.717, 1.165) is 24.6 Å². The summed E-state index contributed by atoms with van der Waals surface area (Å²) in [4.78, 5) is 1.91. The highest BCUT2D eigenvalue weighted by atomic mass is 35.5. The fourth-order valence-corrected chi connectivity index (χ4v) is 5.90. The Hall–Kier alpha value is -0.620. The molecule has 2 fully saturated rings. The molecule has 0 unspecified atom stereocenters. The van der Waals surface area contributed by atoms with Gasteiger partial charge in [0.1, 0.15) is 0 Å². The van der Waals surface area contributed by atoms with Gasteiger partial charge >= 0.3 is 0 Å². The lowest BCUT2D eigenvalue weighted by molar-refractivity contribution is -0.933. The van der Waals surface area contributed by atoms with Crippen molar-refractivity contribution >= 4 is 21.6 Å². The second-order valence-electron chi connectivity index (χ2n) is 7.34. The Labute approximate surface area is 150 Å². The first-order valence-electron chi connectivity index (χ1n) is 9.00. The second kappa shape index (κ2) is 7.32. The van der Waals surface area contributed by atoms with Crippen LogP contribution in [0.2, 0.25) is 5.02 Å². The van der Waals surface area contributed by atoms with Gasteiger partial charge in [0.25, 0.3) is 0 Å². The summed E-state index contributed by atoms with van der Waals surface area (Å²) < 4.78 is 27.3. The third kappa shape index (κ3) is 3.64. The number of sulfonamides is 1. The van der Waals surface area contributed by atoms with Gasteiger partial charge in [0, 0.05) is 10.9 Å². The summed E-state index contributed by atoms with van der Waals surface area (Å²) in [6.45, 7) is 7.26. The smallest absolute Gasteiger partial charge is 0.243 e. The predicted molar refractivity (Wildman–Crippen MR) is 97.1 cm³/mol. The molecule has 0 bridgehead atoms. The minimum Gasteiger partial charge on any atom is -0.330 e. The van der Waals surface area contributed by atoms with Crippen LogP contribution in [0.15, 0.2) is 23.1 Å². The van der Waals surface area contributed by atoms with Crippen molar-refractivity contribution in [3.63, 3.8) is 0 Å². The van der Waals surface area contributed by atoms with Crippen molar-refractivity contribution in [3.05, 3.63) is 28.8 Å². The number of rotatable bonds is 3. The fraction of sp³-hybridized carbons (Fsp3) is 0.667. The van der Waals surface area contributed by atoms with Gasteiger partial charge in [-0.3, -0.25) is 0 Å². The molecular formula is C18H28ClN2O2S+. The van der Waals surface area contributed by atoms with Gasteiger partial charge in [-0.05, 0) is 43.9 Å². The van der Waals surface area contributed by atoms with E-state index in [1.165, 1.54) is 25.7 Å². The van der Waals surface area contributed by atoms with Gasteiger partial charge in [-0.2, -0.15) is 4.31 Å². The van der Waals surface area contributed by atoms with E-state index in [2.05, 4.69) is 6.92 Å².